The summed E-state index contributed by atoms with van der Waals surface area (Å²) in [7, 11) is 2.13. The van der Waals surface area contributed by atoms with Crippen LogP contribution in [0.2, 0.25) is 0 Å². The molecule has 186 valence electrons. The predicted octanol–water partition coefficient (Wildman–Crippen LogP) is 2.19. The lowest BCUT2D eigenvalue weighted by atomic mass is 9.79. The number of carboxylic acid groups (broad SMARTS) is 2. The molecular formula is C18H20F7N3O5. The molecular weight excluding hydrogens is 471 g/mol. The van der Waals surface area contributed by atoms with Crippen molar-refractivity contribution in [1.82, 2.24) is 14.8 Å². The molecule has 0 saturated carbocycles. The number of carbonyl (C=O) groups excluding carboxylic acids is 1. The van der Waals surface area contributed by atoms with E-state index in [2.05, 4.69) is 16.9 Å². The zero-order valence-corrected chi connectivity index (χ0v) is 17.1. The Morgan fingerprint density at radius 1 is 1.00 bits per heavy atom. The molecule has 1 aromatic heterocycles. The van der Waals surface area contributed by atoms with E-state index < -0.39 is 24.3 Å². The van der Waals surface area contributed by atoms with E-state index in [-0.39, 0.29) is 18.1 Å². The van der Waals surface area contributed by atoms with Crippen molar-refractivity contribution < 1.29 is 55.3 Å². The minimum Gasteiger partial charge on any atom is -0.475 e. The van der Waals surface area contributed by atoms with Gasteiger partial charge in [0.15, 0.2) is 0 Å². The van der Waals surface area contributed by atoms with Gasteiger partial charge in [-0.1, -0.05) is 0 Å². The van der Waals surface area contributed by atoms with E-state index in [1.165, 1.54) is 12.5 Å². The zero-order chi connectivity index (χ0) is 25.6. The van der Waals surface area contributed by atoms with Crippen LogP contribution in [-0.4, -0.2) is 88.4 Å². The number of rotatable bonds is 2. The van der Waals surface area contributed by atoms with Gasteiger partial charge in [-0.3, -0.25) is 9.78 Å². The summed E-state index contributed by atoms with van der Waals surface area (Å²) in [5.41, 5.74) is 0.969. The molecule has 0 radical (unpaired) electrons. The highest BCUT2D eigenvalue weighted by Crippen LogP contribution is 2.39. The fraction of sp³-hybridized carbons (Fsp3) is 0.556. The summed E-state index contributed by atoms with van der Waals surface area (Å²) >= 11 is 0. The van der Waals surface area contributed by atoms with Gasteiger partial charge in [0.1, 0.15) is 5.82 Å². The summed E-state index contributed by atoms with van der Waals surface area (Å²) in [6.45, 7) is 3.93. The minimum absolute atomic E-state index is 0.0966. The van der Waals surface area contributed by atoms with Gasteiger partial charge in [-0.05, 0) is 32.1 Å². The molecule has 33 heavy (non-hydrogen) atoms. The van der Waals surface area contributed by atoms with Crippen molar-refractivity contribution in [1.29, 1.82) is 0 Å². The Kier molecular flexibility index (Phi) is 9.15. The van der Waals surface area contributed by atoms with Crippen molar-refractivity contribution in [2.45, 2.75) is 25.2 Å². The lowest BCUT2D eigenvalue weighted by molar-refractivity contribution is -0.193. The number of hydrogen-bond donors (Lipinski definition) is 2. The van der Waals surface area contributed by atoms with Gasteiger partial charge >= 0.3 is 24.3 Å². The molecule has 1 amide bonds. The zero-order valence-electron chi connectivity index (χ0n) is 17.1. The summed E-state index contributed by atoms with van der Waals surface area (Å²) in [4.78, 5) is 38.0. The maximum Gasteiger partial charge on any atom is 0.490 e. The number of nitrogens with zero attached hydrogens (tertiary/aromatic N) is 3. The van der Waals surface area contributed by atoms with Crippen molar-refractivity contribution in [2.75, 3.05) is 33.2 Å². The largest absolute Gasteiger partial charge is 0.490 e. The predicted molar refractivity (Wildman–Crippen MR) is 96.4 cm³/mol. The van der Waals surface area contributed by atoms with Crippen LogP contribution in [-0.2, 0) is 20.8 Å². The lowest BCUT2D eigenvalue weighted by Gasteiger charge is -2.48. The summed E-state index contributed by atoms with van der Waals surface area (Å²) in [5, 5.41) is 14.2. The molecule has 0 atom stereocenters. The lowest BCUT2D eigenvalue weighted by Crippen LogP contribution is -2.59. The van der Waals surface area contributed by atoms with Crippen LogP contribution in [0.5, 0.6) is 0 Å². The molecule has 15 heteroatoms. The van der Waals surface area contributed by atoms with E-state index in [9.17, 15) is 35.5 Å². The number of hydrogen-bond acceptors (Lipinski definition) is 5. The molecule has 2 aliphatic rings. The highest BCUT2D eigenvalue weighted by molar-refractivity contribution is 5.79. The van der Waals surface area contributed by atoms with Gasteiger partial charge in [0.05, 0.1) is 12.6 Å². The van der Waals surface area contributed by atoms with E-state index in [0.29, 0.717) is 11.1 Å². The SMILES string of the molecule is CN1CCC2(C1)CN(C(=O)Cc1ccc(F)cn1)C2.O=C(O)C(F)(F)F.O=C(O)C(F)(F)F. The molecule has 1 aromatic rings. The van der Waals surface area contributed by atoms with Crippen molar-refractivity contribution in [3.8, 4) is 0 Å². The number of amides is 1. The Balaban J connectivity index is 0.000000324. The van der Waals surface area contributed by atoms with Crippen LogP contribution in [0.1, 0.15) is 12.1 Å². The van der Waals surface area contributed by atoms with Crippen LogP contribution in [0.4, 0.5) is 30.7 Å². The monoisotopic (exact) mass is 491 g/mol. The van der Waals surface area contributed by atoms with Crippen molar-refractivity contribution >= 4 is 17.8 Å². The second kappa shape index (κ2) is 10.8. The van der Waals surface area contributed by atoms with E-state index in [0.717, 1.165) is 32.4 Å². The molecule has 0 aliphatic carbocycles. The average Bonchev–Trinajstić information content (AvgIpc) is 3.04. The van der Waals surface area contributed by atoms with Crippen molar-refractivity contribution in [2.24, 2.45) is 5.41 Å². The van der Waals surface area contributed by atoms with E-state index in [1.54, 1.807) is 6.07 Å². The molecule has 8 nitrogen and oxygen atoms in total. The average molecular weight is 491 g/mol. The van der Waals surface area contributed by atoms with Gasteiger partial charge in [-0.15, -0.1) is 0 Å². The molecule has 3 rings (SSSR count). The molecule has 0 bridgehead atoms. The van der Waals surface area contributed by atoms with Gasteiger partial charge in [-0.2, -0.15) is 26.3 Å². The van der Waals surface area contributed by atoms with E-state index in [1.807, 2.05) is 4.90 Å². The molecule has 2 fully saturated rings. The highest BCUT2D eigenvalue weighted by atomic mass is 19.4. The highest BCUT2D eigenvalue weighted by Gasteiger charge is 2.48. The standard InChI is InChI=1S/C14H18FN3O.2C2HF3O2/c1-17-5-4-14(8-17)9-18(10-14)13(19)6-12-3-2-11(15)7-16-12;2*3-2(4,5)1(6)7/h2-3,7H,4-6,8-10H2,1H3;2*(H,6,7). The number of pyridine rings is 1. The Bertz CT molecular complexity index is 813. The number of alkyl halides is 6. The second-order valence-corrected chi connectivity index (χ2v) is 7.49. The van der Waals surface area contributed by atoms with Gasteiger partial charge in [0.25, 0.3) is 0 Å². The van der Waals surface area contributed by atoms with E-state index >= 15 is 0 Å². The summed E-state index contributed by atoms with van der Waals surface area (Å²) < 4.78 is 76.2. The molecule has 0 aromatic carbocycles. The Morgan fingerprint density at radius 2 is 1.48 bits per heavy atom. The van der Waals surface area contributed by atoms with Gasteiger partial charge in [0, 0.05) is 30.7 Å². The molecule has 3 heterocycles. The third-order valence-electron chi connectivity index (χ3n) is 4.64. The fourth-order valence-corrected chi connectivity index (χ4v) is 3.13. The Morgan fingerprint density at radius 3 is 1.82 bits per heavy atom. The second-order valence-electron chi connectivity index (χ2n) is 7.49. The van der Waals surface area contributed by atoms with Crippen LogP contribution in [0.15, 0.2) is 18.3 Å². The smallest absolute Gasteiger partial charge is 0.475 e. The maximum absolute atomic E-state index is 12.7. The minimum atomic E-state index is -5.08. The van der Waals surface area contributed by atoms with Gasteiger partial charge in [0.2, 0.25) is 5.91 Å². The quantitative estimate of drug-likeness (QED) is 0.611. The van der Waals surface area contributed by atoms with Crippen LogP contribution in [0.3, 0.4) is 0 Å². The summed E-state index contributed by atoms with van der Waals surface area (Å²) in [5.74, 6) is -5.78. The fourth-order valence-electron chi connectivity index (χ4n) is 3.13. The first kappa shape index (κ1) is 28.1. The third-order valence-corrected chi connectivity index (χ3v) is 4.64. The number of aromatic nitrogens is 1. The summed E-state index contributed by atoms with van der Waals surface area (Å²) in [6, 6.07) is 2.92. The van der Waals surface area contributed by atoms with Crippen molar-refractivity contribution in [3.63, 3.8) is 0 Å². The van der Waals surface area contributed by atoms with Crippen LogP contribution in [0.25, 0.3) is 0 Å². The third kappa shape index (κ3) is 9.19. The normalized spacial score (nSPS) is 17.3. The molecule has 2 N–H and O–H groups in total. The topological polar surface area (TPSA) is 111 Å². The molecule has 1 spiro atoms. The maximum atomic E-state index is 12.7. The number of likely N-dealkylation sites (tertiary alicyclic amines) is 2. The van der Waals surface area contributed by atoms with Crippen LogP contribution >= 0.6 is 0 Å². The Hall–Kier alpha value is -2.97. The molecule has 2 saturated heterocycles. The van der Waals surface area contributed by atoms with Crippen molar-refractivity contribution in [3.05, 3.63) is 29.8 Å². The molecule has 2 aliphatic heterocycles. The van der Waals surface area contributed by atoms with Crippen LogP contribution < -0.4 is 0 Å². The number of carboxylic acids is 2. The first-order chi connectivity index (χ1) is 14.9. The number of carbonyl (C=O) groups is 3. The van der Waals surface area contributed by atoms with Gasteiger partial charge < -0.3 is 20.0 Å². The molecule has 0 unspecified atom stereocenters. The number of aliphatic carboxylic acids is 2. The number of halogens is 7. The van der Waals surface area contributed by atoms with Gasteiger partial charge in [-0.25, -0.2) is 14.0 Å². The Labute approximate surface area is 182 Å². The first-order valence-electron chi connectivity index (χ1n) is 9.12. The van der Waals surface area contributed by atoms with Crippen LogP contribution in [0, 0.1) is 11.2 Å². The summed E-state index contributed by atoms with van der Waals surface area (Å²) in [6.07, 6.45) is -7.56. The first-order valence-corrected chi connectivity index (χ1v) is 9.12. The van der Waals surface area contributed by atoms with E-state index in [4.69, 9.17) is 19.8 Å².